The molecule has 0 atom stereocenters. The minimum Gasteiger partial charge on any atom is -0.137 e. The fraction of sp³-hybridized carbons (Fsp3) is 0.250. The van der Waals surface area contributed by atoms with Crippen LogP contribution in [0.4, 0.5) is 0 Å². The number of hydrogen-bond donors (Lipinski definition) is 0. The first-order valence-electron chi connectivity index (χ1n) is 3.00. The second kappa shape index (κ2) is 2.36. The maximum absolute atomic E-state index is 3.89. The predicted octanol–water partition coefficient (Wildman–Crippen LogP) is 1.13. The molecule has 1 aromatic heterocycles. The van der Waals surface area contributed by atoms with Crippen molar-refractivity contribution in [1.82, 2.24) is 0 Å². The lowest BCUT2D eigenvalue weighted by Gasteiger charge is -1.82. The van der Waals surface area contributed by atoms with Gasteiger partial charge in [0.05, 0.1) is 0 Å². The summed E-state index contributed by atoms with van der Waals surface area (Å²) < 4.78 is 2.29. The highest BCUT2D eigenvalue weighted by molar-refractivity contribution is 7.07. The van der Waals surface area contributed by atoms with E-state index in [1.165, 1.54) is 10.1 Å². The van der Waals surface area contributed by atoms with Crippen molar-refractivity contribution in [3.05, 3.63) is 20.7 Å². The number of thiophene rings is 1. The van der Waals surface area contributed by atoms with Gasteiger partial charge in [0, 0.05) is 9.06 Å². The number of rotatable bonds is 1. The Morgan fingerprint density at radius 3 is 2.44 bits per heavy atom. The second-order valence-electron chi connectivity index (χ2n) is 2.01. The van der Waals surface area contributed by atoms with Crippen LogP contribution in [-0.2, 0) is 6.42 Å². The van der Waals surface area contributed by atoms with E-state index in [2.05, 4.69) is 26.1 Å². The van der Waals surface area contributed by atoms with Crippen molar-refractivity contribution in [2.45, 2.75) is 13.3 Å². The second-order valence-corrected chi connectivity index (χ2v) is 3.24. The summed E-state index contributed by atoms with van der Waals surface area (Å²) in [5.41, 5.74) is 1.34. The van der Waals surface area contributed by atoms with E-state index in [4.69, 9.17) is 0 Å². The van der Waals surface area contributed by atoms with Gasteiger partial charge in [-0.3, -0.25) is 0 Å². The average Bonchev–Trinajstić information content (AvgIpc) is 2.10. The van der Waals surface area contributed by atoms with E-state index in [0.29, 0.717) is 0 Å². The molecule has 1 heteroatoms. The van der Waals surface area contributed by atoms with Gasteiger partial charge in [-0.05, 0) is 18.1 Å². The lowest BCUT2D eigenvalue weighted by molar-refractivity contribution is 1.14. The van der Waals surface area contributed by atoms with Gasteiger partial charge in [0.25, 0.3) is 0 Å². The fourth-order valence-electron chi connectivity index (χ4n) is 0.827. The Balaban J connectivity index is 3.33. The van der Waals surface area contributed by atoms with Gasteiger partial charge < -0.3 is 0 Å². The maximum Gasteiger partial charge on any atom is 0.0236 e. The molecule has 0 fully saturated rings. The van der Waals surface area contributed by atoms with Crippen molar-refractivity contribution in [2.24, 2.45) is 0 Å². The largest absolute Gasteiger partial charge is 0.137 e. The smallest absolute Gasteiger partial charge is 0.0236 e. The van der Waals surface area contributed by atoms with Crippen LogP contribution in [0.2, 0.25) is 0 Å². The first kappa shape index (κ1) is 6.56. The molecule has 0 amide bonds. The molecule has 0 aromatic carbocycles. The minimum atomic E-state index is 1.07. The van der Waals surface area contributed by atoms with Gasteiger partial charge in [-0.15, -0.1) is 11.3 Å². The lowest BCUT2D eigenvalue weighted by atomic mass is 10.2. The molecule has 0 saturated heterocycles. The fourth-order valence-corrected chi connectivity index (χ4v) is 1.68. The van der Waals surface area contributed by atoms with Gasteiger partial charge in [0.1, 0.15) is 0 Å². The van der Waals surface area contributed by atoms with Crippen molar-refractivity contribution in [3.63, 3.8) is 0 Å². The molecule has 1 rings (SSSR count). The van der Waals surface area contributed by atoms with Crippen molar-refractivity contribution >= 4 is 24.5 Å². The van der Waals surface area contributed by atoms with Crippen LogP contribution in [-0.4, -0.2) is 0 Å². The van der Waals surface area contributed by atoms with Crippen LogP contribution in [0.3, 0.4) is 0 Å². The zero-order chi connectivity index (χ0) is 6.85. The van der Waals surface area contributed by atoms with Crippen molar-refractivity contribution in [3.8, 4) is 0 Å². The molecule has 0 saturated carbocycles. The molecular weight excluding hydrogens is 128 g/mol. The third kappa shape index (κ3) is 1.22. The summed E-state index contributed by atoms with van der Waals surface area (Å²) in [6.07, 6.45) is 1.07. The van der Waals surface area contributed by atoms with Crippen molar-refractivity contribution in [1.29, 1.82) is 0 Å². The van der Waals surface area contributed by atoms with Gasteiger partial charge in [0.15, 0.2) is 0 Å². The molecule has 0 radical (unpaired) electrons. The summed E-state index contributed by atoms with van der Waals surface area (Å²) in [7, 11) is 0. The van der Waals surface area contributed by atoms with Gasteiger partial charge in [0.2, 0.25) is 0 Å². The van der Waals surface area contributed by atoms with Crippen LogP contribution in [0.1, 0.15) is 12.5 Å². The zero-order valence-corrected chi connectivity index (χ0v) is 6.42. The van der Waals surface area contributed by atoms with Gasteiger partial charge in [-0.2, -0.15) is 0 Å². The number of hydrogen-bond acceptors (Lipinski definition) is 1. The van der Waals surface area contributed by atoms with E-state index in [1.54, 1.807) is 11.3 Å². The Bertz CT molecular complexity index is 282. The Morgan fingerprint density at radius 2 is 2.22 bits per heavy atom. The first-order valence-corrected chi connectivity index (χ1v) is 3.82. The third-order valence-electron chi connectivity index (χ3n) is 1.33. The van der Waals surface area contributed by atoms with Gasteiger partial charge >= 0.3 is 0 Å². The number of aryl methyl sites for hydroxylation is 1. The van der Waals surface area contributed by atoms with E-state index in [9.17, 15) is 0 Å². The van der Waals surface area contributed by atoms with Crippen LogP contribution in [0.5, 0.6) is 0 Å². The minimum absolute atomic E-state index is 1.07. The highest BCUT2D eigenvalue weighted by Crippen LogP contribution is 1.89. The molecule has 9 heavy (non-hydrogen) atoms. The summed E-state index contributed by atoms with van der Waals surface area (Å²) in [4.78, 5) is 0. The molecule has 48 valence electrons. The molecule has 0 spiro atoms. The van der Waals surface area contributed by atoms with E-state index in [-0.39, 0.29) is 0 Å². The van der Waals surface area contributed by atoms with E-state index in [1.807, 2.05) is 0 Å². The molecule has 1 heterocycles. The summed E-state index contributed by atoms with van der Waals surface area (Å²) in [6.45, 7) is 9.85. The predicted molar refractivity (Wildman–Crippen MR) is 44.0 cm³/mol. The quantitative estimate of drug-likeness (QED) is 0.546. The average molecular weight is 138 g/mol. The molecule has 1 aromatic rings. The summed E-state index contributed by atoms with van der Waals surface area (Å²) in [5, 5.41) is 0. The van der Waals surface area contributed by atoms with Crippen molar-refractivity contribution in [2.75, 3.05) is 0 Å². The van der Waals surface area contributed by atoms with Crippen LogP contribution < -0.4 is 9.06 Å². The topological polar surface area (TPSA) is 0 Å². The molecular formula is C8H10S. The highest BCUT2D eigenvalue weighted by atomic mass is 32.1. The van der Waals surface area contributed by atoms with Gasteiger partial charge in [-0.25, -0.2) is 0 Å². The summed E-state index contributed by atoms with van der Waals surface area (Å²) in [5.74, 6) is 0. The third-order valence-corrected chi connectivity index (χ3v) is 2.22. The van der Waals surface area contributed by atoms with Crippen LogP contribution in [0, 0.1) is 0 Å². The first-order chi connectivity index (χ1) is 4.24. The molecule has 0 aliphatic carbocycles. The standard InChI is InChI=1S/C8H10S/c1-4-8-5-6(2)9-7(8)3/h5H,2-4H2,1H3. The highest BCUT2D eigenvalue weighted by Gasteiger charge is 1.90. The SMILES string of the molecule is C=c1cc(CC)c(=C)s1. The lowest BCUT2D eigenvalue weighted by Crippen LogP contribution is -1.94. The molecule has 0 unspecified atom stereocenters. The zero-order valence-electron chi connectivity index (χ0n) is 5.61. The van der Waals surface area contributed by atoms with E-state index < -0.39 is 0 Å². The monoisotopic (exact) mass is 138 g/mol. The Hall–Kier alpha value is -0.560. The molecule has 0 nitrogen and oxygen atoms in total. The Kier molecular flexibility index (Phi) is 1.72. The van der Waals surface area contributed by atoms with E-state index in [0.717, 1.165) is 11.0 Å². The maximum atomic E-state index is 3.89. The van der Waals surface area contributed by atoms with Crippen molar-refractivity contribution < 1.29 is 0 Å². The summed E-state index contributed by atoms with van der Waals surface area (Å²) >= 11 is 1.67. The Morgan fingerprint density at radius 1 is 1.56 bits per heavy atom. The molecule has 0 bridgehead atoms. The summed E-state index contributed by atoms with van der Waals surface area (Å²) in [6, 6.07) is 2.10. The molecule has 0 N–H and O–H groups in total. The van der Waals surface area contributed by atoms with E-state index >= 15 is 0 Å². The van der Waals surface area contributed by atoms with Crippen LogP contribution in [0.15, 0.2) is 6.07 Å². The molecule has 0 aliphatic rings. The van der Waals surface area contributed by atoms with Gasteiger partial charge in [-0.1, -0.05) is 20.1 Å². The Labute approximate surface area is 59.2 Å². The van der Waals surface area contributed by atoms with Crippen LogP contribution in [0.25, 0.3) is 13.2 Å². The normalized spacial score (nSPS) is 9.89. The molecule has 0 aliphatic heterocycles. The van der Waals surface area contributed by atoms with Crippen LogP contribution >= 0.6 is 11.3 Å².